The second kappa shape index (κ2) is 6.56. The first kappa shape index (κ1) is 14.6. The minimum absolute atomic E-state index is 0.108. The third-order valence-electron chi connectivity index (χ3n) is 3.68. The normalized spacial score (nSPS) is 21.7. The van der Waals surface area contributed by atoms with Gasteiger partial charge in [-0.1, -0.05) is 6.07 Å². The van der Waals surface area contributed by atoms with Gasteiger partial charge >= 0.3 is 5.69 Å². The quantitative estimate of drug-likeness (QED) is 0.618. The second-order valence-corrected chi connectivity index (χ2v) is 4.95. The molecule has 1 aliphatic rings. The van der Waals surface area contributed by atoms with E-state index < -0.39 is 0 Å². The highest BCUT2D eigenvalue weighted by Crippen LogP contribution is 2.35. The average Bonchev–Trinajstić information content (AvgIpc) is 2.86. The van der Waals surface area contributed by atoms with E-state index in [4.69, 9.17) is 4.74 Å². The molecule has 2 unspecified atom stereocenters. The average molecular weight is 279 g/mol. The van der Waals surface area contributed by atoms with Crippen molar-refractivity contribution in [1.29, 1.82) is 0 Å². The maximum atomic E-state index is 11.3. The molecular weight excluding hydrogens is 258 g/mol. The number of para-hydroxylation sites is 1. The number of ether oxygens (including phenoxy) is 1. The fraction of sp³-hybridized carbons (Fsp3) is 0.571. The highest BCUT2D eigenvalue weighted by molar-refractivity contribution is 5.76. The van der Waals surface area contributed by atoms with Crippen LogP contribution in [0, 0.1) is 10.1 Å². The molecule has 1 aliphatic carbocycles. The minimum Gasteiger partial charge on any atom is -0.380 e. The molecule has 1 fully saturated rings. The summed E-state index contributed by atoms with van der Waals surface area (Å²) >= 11 is 0. The van der Waals surface area contributed by atoms with Crippen molar-refractivity contribution in [3.05, 3.63) is 28.3 Å². The first-order valence-corrected chi connectivity index (χ1v) is 6.98. The molecular formula is C14H21N3O3. The lowest BCUT2D eigenvalue weighted by Crippen LogP contribution is -2.30. The zero-order valence-electron chi connectivity index (χ0n) is 11.9. The van der Waals surface area contributed by atoms with Gasteiger partial charge in [-0.15, -0.1) is 0 Å². The molecule has 110 valence electrons. The van der Waals surface area contributed by atoms with Crippen LogP contribution in [0.5, 0.6) is 0 Å². The maximum absolute atomic E-state index is 11.3. The molecule has 0 spiro atoms. The third kappa shape index (κ3) is 3.01. The lowest BCUT2D eigenvalue weighted by Gasteiger charge is -2.21. The van der Waals surface area contributed by atoms with Crippen molar-refractivity contribution in [2.75, 3.05) is 24.3 Å². The molecule has 0 amide bonds. The van der Waals surface area contributed by atoms with Gasteiger partial charge in [0.15, 0.2) is 0 Å². The number of anilines is 2. The molecule has 1 aromatic rings. The number of nitrogens with one attached hydrogen (secondary N) is 2. The molecule has 0 radical (unpaired) electrons. The first-order valence-electron chi connectivity index (χ1n) is 6.98. The van der Waals surface area contributed by atoms with Gasteiger partial charge in [0.2, 0.25) is 0 Å². The predicted octanol–water partition coefficient (Wildman–Crippen LogP) is 3.01. The zero-order chi connectivity index (χ0) is 14.5. The van der Waals surface area contributed by atoms with Crippen LogP contribution >= 0.6 is 0 Å². The summed E-state index contributed by atoms with van der Waals surface area (Å²) in [7, 11) is 1.69. The molecule has 0 saturated heterocycles. The van der Waals surface area contributed by atoms with E-state index in [9.17, 15) is 10.1 Å². The van der Waals surface area contributed by atoms with Gasteiger partial charge < -0.3 is 15.4 Å². The maximum Gasteiger partial charge on any atom is 0.315 e. The molecule has 0 aliphatic heterocycles. The number of benzene rings is 1. The lowest BCUT2D eigenvalue weighted by molar-refractivity contribution is -0.383. The Labute approximate surface area is 118 Å². The Bertz CT molecular complexity index is 479. The molecule has 20 heavy (non-hydrogen) atoms. The molecule has 2 atom stereocenters. The molecule has 2 rings (SSSR count). The molecule has 6 nitrogen and oxygen atoms in total. The van der Waals surface area contributed by atoms with E-state index >= 15 is 0 Å². The van der Waals surface area contributed by atoms with Crippen LogP contribution in [-0.2, 0) is 4.74 Å². The summed E-state index contributed by atoms with van der Waals surface area (Å²) in [6, 6.07) is 5.44. The summed E-state index contributed by atoms with van der Waals surface area (Å²) in [6.45, 7) is 2.57. The van der Waals surface area contributed by atoms with Crippen LogP contribution in [0.2, 0.25) is 0 Å². The topological polar surface area (TPSA) is 76.4 Å². The Morgan fingerprint density at radius 2 is 2.15 bits per heavy atom. The summed E-state index contributed by atoms with van der Waals surface area (Å²) in [4.78, 5) is 11.0. The van der Waals surface area contributed by atoms with Crippen molar-refractivity contribution < 1.29 is 9.66 Å². The van der Waals surface area contributed by atoms with E-state index in [1.54, 1.807) is 19.2 Å². The van der Waals surface area contributed by atoms with Gasteiger partial charge in [-0.2, -0.15) is 0 Å². The van der Waals surface area contributed by atoms with E-state index in [2.05, 4.69) is 10.6 Å². The van der Waals surface area contributed by atoms with Crippen LogP contribution in [0.4, 0.5) is 17.1 Å². The van der Waals surface area contributed by atoms with Gasteiger partial charge in [0.25, 0.3) is 0 Å². The van der Waals surface area contributed by atoms with Gasteiger partial charge in [-0.05, 0) is 38.3 Å². The summed E-state index contributed by atoms with van der Waals surface area (Å²) in [5, 5.41) is 17.7. The number of nitro benzene ring substituents is 1. The zero-order valence-corrected chi connectivity index (χ0v) is 11.9. The van der Waals surface area contributed by atoms with Gasteiger partial charge in [-0.3, -0.25) is 10.1 Å². The third-order valence-corrected chi connectivity index (χ3v) is 3.68. The van der Waals surface area contributed by atoms with Crippen molar-refractivity contribution in [3.63, 3.8) is 0 Å². The minimum atomic E-state index is -0.336. The van der Waals surface area contributed by atoms with E-state index in [0.717, 1.165) is 19.3 Å². The molecule has 1 aromatic carbocycles. The Morgan fingerprint density at radius 3 is 2.80 bits per heavy atom. The monoisotopic (exact) mass is 279 g/mol. The smallest absolute Gasteiger partial charge is 0.315 e. The van der Waals surface area contributed by atoms with E-state index in [1.165, 1.54) is 0 Å². The highest BCUT2D eigenvalue weighted by Gasteiger charge is 2.29. The predicted molar refractivity (Wildman–Crippen MR) is 79.3 cm³/mol. The van der Waals surface area contributed by atoms with Crippen LogP contribution in [0.3, 0.4) is 0 Å². The Kier molecular flexibility index (Phi) is 4.79. The van der Waals surface area contributed by atoms with E-state index in [0.29, 0.717) is 17.9 Å². The van der Waals surface area contributed by atoms with Crippen LogP contribution in [0.1, 0.15) is 26.2 Å². The molecule has 6 heteroatoms. The van der Waals surface area contributed by atoms with Gasteiger partial charge in [0.1, 0.15) is 11.4 Å². The summed E-state index contributed by atoms with van der Waals surface area (Å²) in [6.07, 6.45) is 3.17. The first-order chi connectivity index (χ1) is 9.67. The Balaban J connectivity index is 2.26. The number of hydrogen-bond acceptors (Lipinski definition) is 5. The van der Waals surface area contributed by atoms with Crippen LogP contribution < -0.4 is 10.6 Å². The number of methoxy groups -OCH3 is 1. The molecule has 0 aromatic heterocycles. The van der Waals surface area contributed by atoms with Crippen LogP contribution in [0.15, 0.2) is 18.2 Å². The highest BCUT2D eigenvalue weighted by atomic mass is 16.6. The second-order valence-electron chi connectivity index (χ2n) is 4.95. The lowest BCUT2D eigenvalue weighted by atomic mass is 10.1. The van der Waals surface area contributed by atoms with Crippen molar-refractivity contribution in [2.24, 2.45) is 0 Å². The number of rotatable bonds is 6. The molecule has 2 N–H and O–H groups in total. The largest absolute Gasteiger partial charge is 0.380 e. The molecule has 1 saturated carbocycles. The number of nitro groups is 1. The fourth-order valence-corrected chi connectivity index (χ4v) is 2.76. The van der Waals surface area contributed by atoms with E-state index in [1.807, 2.05) is 13.0 Å². The van der Waals surface area contributed by atoms with Crippen molar-refractivity contribution in [1.82, 2.24) is 0 Å². The fourth-order valence-electron chi connectivity index (χ4n) is 2.76. The van der Waals surface area contributed by atoms with Crippen LogP contribution in [-0.4, -0.2) is 30.7 Å². The standard InChI is InChI=1S/C14H21N3O3/c1-3-15-11-7-4-8-12(14(11)17(18)19)16-10-6-5-9-13(10)20-2/h4,7-8,10,13,15-16H,3,5-6,9H2,1-2H3. The van der Waals surface area contributed by atoms with Crippen molar-refractivity contribution in [2.45, 2.75) is 38.3 Å². The van der Waals surface area contributed by atoms with Crippen LogP contribution in [0.25, 0.3) is 0 Å². The van der Waals surface area contributed by atoms with Gasteiger partial charge in [0.05, 0.1) is 17.1 Å². The summed E-state index contributed by atoms with van der Waals surface area (Å²) in [5.74, 6) is 0. The summed E-state index contributed by atoms with van der Waals surface area (Å²) in [5.41, 5.74) is 1.22. The number of hydrogen-bond donors (Lipinski definition) is 2. The Hall–Kier alpha value is -1.82. The van der Waals surface area contributed by atoms with E-state index in [-0.39, 0.29) is 22.8 Å². The van der Waals surface area contributed by atoms with Gasteiger partial charge in [0, 0.05) is 13.7 Å². The summed E-state index contributed by atoms with van der Waals surface area (Å²) < 4.78 is 5.43. The SMILES string of the molecule is CCNc1cccc(NC2CCCC2OC)c1[N+](=O)[O-]. The Morgan fingerprint density at radius 1 is 1.40 bits per heavy atom. The number of nitrogens with zero attached hydrogens (tertiary/aromatic N) is 1. The molecule has 0 bridgehead atoms. The van der Waals surface area contributed by atoms with Crippen molar-refractivity contribution in [3.8, 4) is 0 Å². The molecule has 0 heterocycles. The van der Waals surface area contributed by atoms with Crippen molar-refractivity contribution >= 4 is 17.1 Å². The van der Waals surface area contributed by atoms with Gasteiger partial charge in [-0.25, -0.2) is 0 Å².